The lowest BCUT2D eigenvalue weighted by Gasteiger charge is -2.09. The van der Waals surface area contributed by atoms with Gasteiger partial charge in [-0.1, -0.05) is 65.8 Å². The lowest BCUT2D eigenvalue weighted by molar-refractivity contribution is 0.508. The number of anilines is 1. The molecule has 0 bridgehead atoms. The fourth-order valence-electron chi connectivity index (χ4n) is 2.65. The van der Waals surface area contributed by atoms with Crippen LogP contribution < -0.4 is 10.4 Å². The molecule has 2 aromatic carbocycles. The summed E-state index contributed by atoms with van der Waals surface area (Å²) in [5.41, 5.74) is 9.27. The first-order valence-electron chi connectivity index (χ1n) is 8.48. The number of hydrogen-bond donors (Lipinski definition) is 1. The molecule has 1 aromatic heterocycles. The highest BCUT2D eigenvalue weighted by Crippen LogP contribution is 2.24. The molecular weight excluding hydrogens is 350 g/mol. The molecule has 0 atom stereocenters. The van der Waals surface area contributed by atoms with Gasteiger partial charge in [0.05, 0.1) is 24.4 Å². The van der Waals surface area contributed by atoms with Crippen molar-refractivity contribution in [2.75, 3.05) is 5.73 Å². The van der Waals surface area contributed by atoms with Crippen LogP contribution >= 0.6 is 0 Å². The van der Waals surface area contributed by atoms with Crippen molar-refractivity contribution < 1.29 is 4.74 Å². The molecule has 136 valence electrons. The van der Waals surface area contributed by atoms with Gasteiger partial charge in [0.25, 0.3) is 6.72 Å². The van der Waals surface area contributed by atoms with E-state index in [1.54, 1.807) is 6.20 Å². The second-order valence-corrected chi connectivity index (χ2v) is 5.84. The van der Waals surface area contributed by atoms with E-state index in [0.29, 0.717) is 11.5 Å². The van der Waals surface area contributed by atoms with E-state index in [1.165, 1.54) is 0 Å². The van der Waals surface area contributed by atoms with Crippen molar-refractivity contribution in [2.45, 2.75) is 6.42 Å². The molecule has 0 unspecified atom stereocenters. The fourth-order valence-corrected chi connectivity index (χ4v) is 2.65. The Labute approximate surface area is 163 Å². The number of nitriles is 1. The van der Waals surface area contributed by atoms with E-state index in [9.17, 15) is 0 Å². The summed E-state index contributed by atoms with van der Waals surface area (Å²) >= 11 is 0. The zero-order chi connectivity index (χ0) is 19.9. The Kier molecular flexibility index (Phi) is 5.61. The summed E-state index contributed by atoms with van der Waals surface area (Å²) < 4.78 is 9.71. The molecule has 0 aliphatic carbocycles. The van der Waals surface area contributed by atoms with E-state index < -0.39 is 0 Å². The first kappa shape index (κ1) is 18.6. The Balaban J connectivity index is 1.98. The minimum absolute atomic E-state index is 0.110. The molecule has 0 aliphatic rings. The zero-order valence-corrected chi connectivity index (χ0v) is 15.2. The van der Waals surface area contributed by atoms with Crippen LogP contribution in [0.25, 0.3) is 17.0 Å². The SMILES string of the molecule is C=[N+]=C(OC(=C)c1ccccc1)c1nc(-c2ccccc2CC#N)cnc1N. The number of rotatable bonds is 5. The maximum atomic E-state index is 9.06. The van der Waals surface area contributed by atoms with Crippen LogP contribution in [0.2, 0.25) is 0 Å². The van der Waals surface area contributed by atoms with Gasteiger partial charge in [-0.05, 0) is 5.56 Å². The molecule has 0 saturated carbocycles. The fraction of sp³-hybridized carbons (Fsp3) is 0.0455. The first-order valence-corrected chi connectivity index (χ1v) is 8.48. The van der Waals surface area contributed by atoms with Gasteiger partial charge in [0.2, 0.25) is 5.69 Å². The lowest BCUT2D eigenvalue weighted by Crippen LogP contribution is -2.15. The molecule has 6 nitrogen and oxygen atoms in total. The van der Waals surface area contributed by atoms with E-state index in [2.05, 4.69) is 34.0 Å². The smallest absolute Gasteiger partial charge is 0.391 e. The van der Waals surface area contributed by atoms with Gasteiger partial charge in [0, 0.05) is 11.1 Å². The van der Waals surface area contributed by atoms with Gasteiger partial charge in [-0.15, -0.1) is 0 Å². The largest absolute Gasteiger partial charge is 0.521 e. The third-order valence-corrected chi connectivity index (χ3v) is 4.03. The van der Waals surface area contributed by atoms with E-state index in [4.69, 9.17) is 15.7 Å². The molecule has 6 heteroatoms. The number of nitrogens with two attached hydrogens (primary N) is 1. The molecule has 0 radical (unpaired) electrons. The number of nitrogens with zero attached hydrogens (tertiary/aromatic N) is 4. The molecule has 2 N–H and O–H groups in total. The van der Waals surface area contributed by atoms with Gasteiger partial charge < -0.3 is 10.5 Å². The molecule has 1 heterocycles. The second-order valence-electron chi connectivity index (χ2n) is 5.84. The van der Waals surface area contributed by atoms with Gasteiger partial charge in [0.15, 0.2) is 5.82 Å². The van der Waals surface area contributed by atoms with Gasteiger partial charge in [-0.25, -0.2) is 9.97 Å². The van der Waals surface area contributed by atoms with Gasteiger partial charge in [0.1, 0.15) is 5.76 Å². The summed E-state index contributed by atoms with van der Waals surface area (Å²) in [5, 5.41) is 9.06. The number of nitrogen functional groups attached to an aromatic ring is 1. The van der Waals surface area contributed by atoms with Crippen LogP contribution in [0.15, 0.2) is 67.4 Å². The highest BCUT2D eigenvalue weighted by Gasteiger charge is 2.25. The average Bonchev–Trinajstić information content (AvgIpc) is 2.74. The normalized spacial score (nSPS) is 9.82. The molecule has 0 spiro atoms. The quantitative estimate of drug-likeness (QED) is 0.323. The Morgan fingerprint density at radius 1 is 1.14 bits per heavy atom. The van der Waals surface area contributed by atoms with Gasteiger partial charge in [-0.2, -0.15) is 5.26 Å². The highest BCUT2D eigenvalue weighted by atomic mass is 16.5. The molecule has 0 saturated heterocycles. The molecule has 0 aliphatic heterocycles. The van der Waals surface area contributed by atoms with E-state index in [-0.39, 0.29) is 23.8 Å². The lowest BCUT2D eigenvalue weighted by atomic mass is 10.0. The predicted molar refractivity (Wildman–Crippen MR) is 111 cm³/mol. The molecular formula is C22H18N5O+. The van der Waals surface area contributed by atoms with E-state index in [0.717, 1.165) is 16.7 Å². The Bertz CT molecular complexity index is 1110. The van der Waals surface area contributed by atoms with Crippen LogP contribution in [0.5, 0.6) is 0 Å². The minimum Gasteiger partial charge on any atom is -0.391 e. The van der Waals surface area contributed by atoms with Crippen molar-refractivity contribution in [1.29, 1.82) is 5.26 Å². The van der Waals surface area contributed by atoms with Crippen molar-refractivity contribution in [3.63, 3.8) is 0 Å². The second kappa shape index (κ2) is 8.45. The van der Waals surface area contributed by atoms with Crippen molar-refractivity contribution in [2.24, 2.45) is 0 Å². The summed E-state index contributed by atoms with van der Waals surface area (Å²) in [4.78, 5) is 8.79. The standard InChI is InChI=1S/C22H17N5O/c1-15(16-8-4-3-5-9-16)28-22(25-2)20-21(24)26-14-19(27-20)18-11-7-6-10-17(18)12-13-23/h3-11,14,24H,1-2,12H2/p+1. The predicted octanol–water partition coefficient (Wildman–Crippen LogP) is 2.99. The van der Waals surface area contributed by atoms with Crippen LogP contribution in [0.4, 0.5) is 5.82 Å². The minimum atomic E-state index is 0.110. The van der Waals surface area contributed by atoms with Crippen LogP contribution in [-0.2, 0) is 11.2 Å². The highest BCUT2D eigenvalue weighted by molar-refractivity contribution is 5.99. The first-order chi connectivity index (χ1) is 13.6. The molecule has 0 amide bonds. The molecule has 3 aromatic rings. The summed E-state index contributed by atoms with van der Waals surface area (Å²) in [6, 6.07) is 19.1. The van der Waals surface area contributed by atoms with Crippen LogP contribution in [0.1, 0.15) is 16.8 Å². The average molecular weight is 368 g/mol. The van der Waals surface area contributed by atoms with E-state index >= 15 is 0 Å². The summed E-state index contributed by atoms with van der Waals surface area (Å²) in [6.45, 7) is 7.49. The molecule has 28 heavy (non-hydrogen) atoms. The summed E-state index contributed by atoms with van der Waals surface area (Å²) in [6.07, 6.45) is 1.82. The summed E-state index contributed by atoms with van der Waals surface area (Å²) in [5.74, 6) is 0.655. The maximum absolute atomic E-state index is 9.06. The monoisotopic (exact) mass is 368 g/mol. The number of ether oxygens (including phenoxy) is 1. The molecule has 3 rings (SSSR count). The van der Waals surface area contributed by atoms with Crippen LogP contribution in [-0.4, -0.2) is 22.6 Å². The third-order valence-electron chi connectivity index (χ3n) is 4.03. The maximum Gasteiger partial charge on any atom is 0.521 e. The van der Waals surface area contributed by atoms with Crippen molar-refractivity contribution in [3.8, 4) is 17.3 Å². The Hall–Kier alpha value is -4.20. The Morgan fingerprint density at radius 3 is 2.57 bits per heavy atom. The van der Waals surface area contributed by atoms with Crippen LogP contribution in [0, 0.1) is 11.3 Å². The van der Waals surface area contributed by atoms with Crippen molar-refractivity contribution >= 4 is 24.2 Å². The Morgan fingerprint density at radius 2 is 1.86 bits per heavy atom. The summed E-state index contributed by atoms with van der Waals surface area (Å²) in [7, 11) is 0. The van der Waals surface area contributed by atoms with Gasteiger partial charge >= 0.3 is 5.90 Å². The molecule has 0 fully saturated rings. The number of aromatic nitrogens is 2. The topological polar surface area (TPSA) is 98.9 Å². The number of benzene rings is 2. The van der Waals surface area contributed by atoms with Crippen LogP contribution in [0.3, 0.4) is 0 Å². The number of hydrogen-bond acceptors (Lipinski definition) is 5. The van der Waals surface area contributed by atoms with E-state index in [1.807, 2.05) is 54.6 Å². The van der Waals surface area contributed by atoms with Gasteiger partial charge in [-0.3, -0.25) is 0 Å². The van der Waals surface area contributed by atoms with Crippen molar-refractivity contribution in [1.82, 2.24) is 14.6 Å². The van der Waals surface area contributed by atoms with Crippen molar-refractivity contribution in [3.05, 3.63) is 84.2 Å². The zero-order valence-electron chi connectivity index (χ0n) is 15.2. The third kappa shape index (κ3) is 3.96.